The third kappa shape index (κ3) is 3.15. The average Bonchev–Trinajstić information content (AvgIpc) is 2.69. The van der Waals surface area contributed by atoms with Crippen molar-refractivity contribution < 1.29 is 9.47 Å². The Morgan fingerprint density at radius 3 is 2.74 bits per heavy atom. The summed E-state index contributed by atoms with van der Waals surface area (Å²) in [6.07, 6.45) is 6.59. The van der Waals surface area contributed by atoms with Gasteiger partial charge in [0, 0.05) is 36.4 Å². The molecule has 0 unspecified atom stereocenters. The van der Waals surface area contributed by atoms with Crippen LogP contribution in [0.15, 0.2) is 40.2 Å². The van der Waals surface area contributed by atoms with E-state index in [0.29, 0.717) is 18.6 Å². The van der Waals surface area contributed by atoms with Gasteiger partial charge in [-0.05, 0) is 43.5 Å². The molecule has 2 aliphatic rings. The van der Waals surface area contributed by atoms with Gasteiger partial charge in [0.1, 0.15) is 0 Å². The molecule has 142 valence electrons. The van der Waals surface area contributed by atoms with Crippen LogP contribution in [0.1, 0.15) is 55.2 Å². The zero-order valence-corrected chi connectivity index (χ0v) is 16.2. The Hall–Kier alpha value is -2.56. The molecule has 5 heteroatoms. The highest BCUT2D eigenvalue weighted by Gasteiger charge is 2.34. The van der Waals surface area contributed by atoms with Gasteiger partial charge in [-0.25, -0.2) is 0 Å². The Labute approximate surface area is 159 Å². The first kappa shape index (κ1) is 17.8. The molecule has 0 saturated heterocycles. The quantitative estimate of drug-likeness (QED) is 0.830. The smallest absolute Gasteiger partial charge is 0.250 e. The topological polar surface area (TPSA) is 52.8 Å². The molecule has 1 aromatic carbocycles. The Bertz CT molecular complexity index is 945. The van der Waals surface area contributed by atoms with Crippen molar-refractivity contribution in [1.29, 1.82) is 0 Å². The van der Waals surface area contributed by atoms with Crippen molar-refractivity contribution in [3.63, 3.8) is 0 Å². The molecule has 1 aliphatic carbocycles. The van der Waals surface area contributed by atoms with Crippen molar-refractivity contribution >= 4 is 5.71 Å². The second-order valence-corrected chi connectivity index (χ2v) is 7.33. The van der Waals surface area contributed by atoms with Gasteiger partial charge in [0.15, 0.2) is 11.5 Å². The van der Waals surface area contributed by atoms with Crippen LogP contribution in [0.25, 0.3) is 0 Å². The number of pyridine rings is 1. The maximum absolute atomic E-state index is 11.8. The van der Waals surface area contributed by atoms with Gasteiger partial charge in [-0.3, -0.25) is 9.79 Å². The van der Waals surface area contributed by atoms with Crippen molar-refractivity contribution in [3.8, 4) is 11.5 Å². The number of benzene rings is 1. The van der Waals surface area contributed by atoms with E-state index in [0.717, 1.165) is 41.2 Å². The second-order valence-electron chi connectivity index (χ2n) is 7.33. The predicted molar refractivity (Wildman–Crippen MR) is 106 cm³/mol. The van der Waals surface area contributed by atoms with Crippen LogP contribution >= 0.6 is 0 Å². The lowest BCUT2D eigenvalue weighted by Gasteiger charge is -2.35. The molecule has 2 aromatic rings. The molecule has 4 rings (SSSR count). The lowest BCUT2D eigenvalue weighted by Crippen LogP contribution is -2.30. The maximum Gasteiger partial charge on any atom is 0.250 e. The minimum absolute atomic E-state index is 0.0183. The van der Waals surface area contributed by atoms with E-state index in [4.69, 9.17) is 14.5 Å². The van der Waals surface area contributed by atoms with Gasteiger partial charge >= 0.3 is 0 Å². The fourth-order valence-corrected chi connectivity index (χ4v) is 4.34. The fourth-order valence-electron chi connectivity index (χ4n) is 4.34. The van der Waals surface area contributed by atoms with E-state index >= 15 is 0 Å². The first-order valence-electron chi connectivity index (χ1n) is 9.72. The van der Waals surface area contributed by atoms with Gasteiger partial charge in [-0.15, -0.1) is 0 Å². The van der Waals surface area contributed by atoms with Gasteiger partial charge in [0.25, 0.3) is 0 Å². The molecular formula is C22H26N2O3. The van der Waals surface area contributed by atoms with Crippen molar-refractivity contribution in [3.05, 3.63) is 57.5 Å². The molecule has 1 fully saturated rings. The number of aryl methyl sites for hydroxylation is 1. The number of methoxy groups -OCH3 is 1. The molecule has 0 N–H and O–H groups in total. The van der Waals surface area contributed by atoms with E-state index in [9.17, 15) is 4.79 Å². The molecule has 0 spiro atoms. The molecule has 1 saturated carbocycles. The standard InChI is InChI=1S/C22H26N2O3/c1-4-27-20-11-16-15-7-5-6-8-18(15)23-22(17(16)12-19(20)26-3)14-9-10-21(25)24(2)13-14/h9-13,15,18H,4-8H2,1-3H3/t15-,18-/m1/s1. The van der Waals surface area contributed by atoms with Gasteiger partial charge in [0.2, 0.25) is 5.56 Å². The molecular weight excluding hydrogens is 340 g/mol. The van der Waals surface area contributed by atoms with Crippen LogP contribution in [-0.2, 0) is 7.05 Å². The van der Waals surface area contributed by atoms with Crippen LogP contribution < -0.4 is 15.0 Å². The van der Waals surface area contributed by atoms with E-state index in [1.807, 2.05) is 19.2 Å². The number of fused-ring (bicyclic) bond motifs is 3. The van der Waals surface area contributed by atoms with Crippen molar-refractivity contribution in [1.82, 2.24) is 4.57 Å². The number of hydrogen-bond acceptors (Lipinski definition) is 4. The fraction of sp³-hybridized carbons (Fsp3) is 0.455. The number of nitrogens with zero attached hydrogens (tertiary/aromatic N) is 2. The summed E-state index contributed by atoms with van der Waals surface area (Å²) in [6.45, 7) is 2.59. The van der Waals surface area contributed by atoms with Crippen molar-refractivity contribution in [2.45, 2.75) is 44.6 Å². The monoisotopic (exact) mass is 366 g/mol. The Morgan fingerprint density at radius 1 is 1.19 bits per heavy atom. The second kappa shape index (κ2) is 7.22. The SMILES string of the molecule is CCOc1cc2c(cc1OC)C(c1ccc(=O)n(C)c1)=N[C@@H]1CCCC[C@H]21. The highest BCUT2D eigenvalue weighted by atomic mass is 16.5. The molecule has 2 heterocycles. The van der Waals surface area contributed by atoms with E-state index in [2.05, 4.69) is 12.1 Å². The van der Waals surface area contributed by atoms with Gasteiger partial charge in [0.05, 0.1) is 25.5 Å². The summed E-state index contributed by atoms with van der Waals surface area (Å²) in [5, 5.41) is 0. The summed E-state index contributed by atoms with van der Waals surface area (Å²) < 4.78 is 13.0. The number of aromatic nitrogens is 1. The number of hydrogen-bond donors (Lipinski definition) is 0. The minimum Gasteiger partial charge on any atom is -0.493 e. The summed E-state index contributed by atoms with van der Waals surface area (Å²) >= 11 is 0. The maximum atomic E-state index is 11.8. The Kier molecular flexibility index (Phi) is 4.77. The van der Waals surface area contributed by atoms with Crippen LogP contribution in [0, 0.1) is 0 Å². The number of ether oxygens (including phenoxy) is 2. The summed E-state index contributed by atoms with van der Waals surface area (Å²) in [5.74, 6) is 1.95. The largest absolute Gasteiger partial charge is 0.493 e. The Morgan fingerprint density at radius 2 is 2.00 bits per heavy atom. The summed E-state index contributed by atoms with van der Waals surface area (Å²) in [5.41, 5.74) is 4.29. The van der Waals surface area contributed by atoms with E-state index in [1.165, 1.54) is 18.4 Å². The van der Waals surface area contributed by atoms with E-state index in [-0.39, 0.29) is 5.56 Å². The molecule has 5 nitrogen and oxygen atoms in total. The molecule has 1 aliphatic heterocycles. The lowest BCUT2D eigenvalue weighted by atomic mass is 9.75. The first-order chi connectivity index (χ1) is 13.1. The predicted octanol–water partition coefficient (Wildman–Crippen LogP) is 3.67. The van der Waals surface area contributed by atoms with Gasteiger partial charge in [-0.1, -0.05) is 12.8 Å². The van der Waals surface area contributed by atoms with Crippen LogP contribution in [-0.4, -0.2) is 30.0 Å². The summed E-state index contributed by atoms with van der Waals surface area (Å²) in [6, 6.07) is 7.97. The molecule has 0 amide bonds. The average molecular weight is 366 g/mol. The number of aliphatic imine (C=N–C) groups is 1. The van der Waals surface area contributed by atoms with E-state index < -0.39 is 0 Å². The van der Waals surface area contributed by atoms with Crippen molar-refractivity contribution in [2.75, 3.05) is 13.7 Å². The summed E-state index contributed by atoms with van der Waals surface area (Å²) in [7, 11) is 3.44. The van der Waals surface area contributed by atoms with Gasteiger partial charge < -0.3 is 14.0 Å². The van der Waals surface area contributed by atoms with Crippen LogP contribution in [0.3, 0.4) is 0 Å². The minimum atomic E-state index is -0.0183. The van der Waals surface area contributed by atoms with Crippen LogP contribution in [0.5, 0.6) is 11.5 Å². The van der Waals surface area contributed by atoms with Crippen LogP contribution in [0.2, 0.25) is 0 Å². The zero-order chi connectivity index (χ0) is 19.0. The Balaban J connectivity index is 1.91. The lowest BCUT2D eigenvalue weighted by molar-refractivity contribution is 0.308. The zero-order valence-electron chi connectivity index (χ0n) is 16.2. The molecule has 0 bridgehead atoms. The molecule has 27 heavy (non-hydrogen) atoms. The third-order valence-electron chi connectivity index (χ3n) is 5.67. The number of rotatable bonds is 4. The molecule has 0 radical (unpaired) electrons. The highest BCUT2D eigenvalue weighted by Crippen LogP contribution is 2.44. The molecule has 2 atom stereocenters. The van der Waals surface area contributed by atoms with Crippen LogP contribution in [0.4, 0.5) is 0 Å². The van der Waals surface area contributed by atoms with E-state index in [1.54, 1.807) is 24.8 Å². The van der Waals surface area contributed by atoms with Crippen molar-refractivity contribution in [2.24, 2.45) is 12.0 Å². The molecule has 1 aromatic heterocycles. The third-order valence-corrected chi connectivity index (χ3v) is 5.67. The highest BCUT2D eigenvalue weighted by molar-refractivity contribution is 6.14. The van der Waals surface area contributed by atoms with Gasteiger partial charge in [-0.2, -0.15) is 0 Å². The normalized spacial score (nSPS) is 21.1. The summed E-state index contributed by atoms with van der Waals surface area (Å²) in [4.78, 5) is 17.0. The first-order valence-corrected chi connectivity index (χ1v) is 9.72.